The van der Waals surface area contributed by atoms with E-state index in [0.29, 0.717) is 6.42 Å². The standard InChI is InChI=1S/C21H28N2O5/c1-14-10-15(2)12-17(11-14)27-8-9-28-18(24)13-23-19(25)21(22-20(23)26)7-5-4-6-16(21)3/h10-12,16H,4-9,13H2,1-3H3,(H,22,26)/t16-,21+/m0/s1. The average molecular weight is 388 g/mol. The van der Waals surface area contributed by atoms with Crippen LogP contribution >= 0.6 is 0 Å². The molecular formula is C21H28N2O5. The Bertz CT molecular complexity index is 758. The van der Waals surface area contributed by atoms with Gasteiger partial charge in [-0.3, -0.25) is 14.5 Å². The van der Waals surface area contributed by atoms with Crippen LogP contribution in [0.2, 0.25) is 0 Å². The molecule has 2 aliphatic rings. The van der Waals surface area contributed by atoms with Crippen molar-refractivity contribution in [1.82, 2.24) is 10.2 Å². The Labute approximate surface area is 165 Å². The fourth-order valence-corrected chi connectivity index (χ4v) is 4.15. The summed E-state index contributed by atoms with van der Waals surface area (Å²) in [4.78, 5) is 38.2. The molecule has 3 rings (SSSR count). The number of amides is 3. The van der Waals surface area contributed by atoms with E-state index >= 15 is 0 Å². The number of nitrogens with zero attached hydrogens (tertiary/aromatic N) is 1. The number of hydrogen-bond donors (Lipinski definition) is 1. The average Bonchev–Trinajstić information content (AvgIpc) is 2.86. The second-order valence-corrected chi connectivity index (χ2v) is 7.83. The van der Waals surface area contributed by atoms with E-state index in [1.54, 1.807) is 0 Å². The molecule has 1 aromatic rings. The van der Waals surface area contributed by atoms with Crippen molar-refractivity contribution in [3.05, 3.63) is 29.3 Å². The molecule has 0 aromatic heterocycles. The molecule has 1 saturated heterocycles. The van der Waals surface area contributed by atoms with Crippen LogP contribution in [0.15, 0.2) is 18.2 Å². The molecule has 1 saturated carbocycles. The lowest BCUT2D eigenvalue weighted by Crippen LogP contribution is -2.54. The van der Waals surface area contributed by atoms with E-state index in [-0.39, 0.29) is 31.6 Å². The molecule has 0 unspecified atom stereocenters. The highest BCUT2D eigenvalue weighted by Crippen LogP contribution is 2.38. The number of carbonyl (C=O) groups is 3. The van der Waals surface area contributed by atoms with Crippen LogP contribution in [-0.4, -0.2) is 48.1 Å². The molecule has 3 amide bonds. The first-order chi connectivity index (χ1) is 13.3. The topological polar surface area (TPSA) is 84.9 Å². The van der Waals surface area contributed by atoms with Crippen LogP contribution in [0.3, 0.4) is 0 Å². The predicted octanol–water partition coefficient (Wildman–Crippen LogP) is 2.73. The van der Waals surface area contributed by atoms with Crippen LogP contribution in [-0.2, 0) is 14.3 Å². The third kappa shape index (κ3) is 4.13. The lowest BCUT2D eigenvalue weighted by molar-refractivity contribution is -0.149. The molecule has 1 aliphatic heterocycles. The molecule has 1 N–H and O–H groups in total. The normalized spacial score (nSPS) is 24.4. The summed E-state index contributed by atoms with van der Waals surface area (Å²) in [5, 5.41) is 2.83. The van der Waals surface area contributed by atoms with E-state index in [2.05, 4.69) is 5.32 Å². The van der Waals surface area contributed by atoms with E-state index in [0.717, 1.165) is 41.0 Å². The quantitative estimate of drug-likeness (QED) is 0.460. The predicted molar refractivity (Wildman–Crippen MR) is 103 cm³/mol. The molecule has 0 radical (unpaired) electrons. The first kappa shape index (κ1) is 20.2. The van der Waals surface area contributed by atoms with Gasteiger partial charge in [-0.1, -0.05) is 25.8 Å². The zero-order valence-electron chi connectivity index (χ0n) is 16.7. The summed E-state index contributed by atoms with van der Waals surface area (Å²) in [6, 6.07) is 5.35. The number of rotatable bonds is 6. The Morgan fingerprint density at radius 3 is 2.57 bits per heavy atom. The van der Waals surface area contributed by atoms with E-state index in [4.69, 9.17) is 9.47 Å². The number of nitrogens with one attached hydrogen (secondary N) is 1. The number of imide groups is 1. The number of esters is 1. The van der Waals surface area contributed by atoms with Crippen LogP contribution in [0.5, 0.6) is 5.75 Å². The Kier molecular flexibility index (Phi) is 5.91. The summed E-state index contributed by atoms with van der Waals surface area (Å²) < 4.78 is 10.7. The highest BCUT2D eigenvalue weighted by atomic mass is 16.6. The second kappa shape index (κ2) is 8.20. The third-order valence-electron chi connectivity index (χ3n) is 5.60. The number of benzene rings is 1. The number of hydrogen-bond acceptors (Lipinski definition) is 5. The van der Waals surface area contributed by atoms with Gasteiger partial charge in [-0.2, -0.15) is 0 Å². The molecule has 1 heterocycles. The first-order valence-corrected chi connectivity index (χ1v) is 9.82. The van der Waals surface area contributed by atoms with Gasteiger partial charge in [-0.15, -0.1) is 0 Å². The van der Waals surface area contributed by atoms with Gasteiger partial charge in [0.2, 0.25) is 0 Å². The van der Waals surface area contributed by atoms with E-state index < -0.39 is 17.5 Å². The number of ether oxygens (including phenoxy) is 2. The molecule has 152 valence electrons. The third-order valence-corrected chi connectivity index (χ3v) is 5.60. The Balaban J connectivity index is 1.48. The lowest BCUT2D eigenvalue weighted by atomic mass is 9.73. The minimum absolute atomic E-state index is 0.0526. The summed E-state index contributed by atoms with van der Waals surface area (Å²) in [6.07, 6.45) is 3.45. The smallest absolute Gasteiger partial charge is 0.326 e. The lowest BCUT2D eigenvalue weighted by Gasteiger charge is -2.36. The maximum atomic E-state index is 12.8. The molecule has 2 atom stereocenters. The second-order valence-electron chi connectivity index (χ2n) is 7.83. The summed E-state index contributed by atoms with van der Waals surface area (Å²) >= 11 is 0. The minimum atomic E-state index is -0.859. The van der Waals surface area contributed by atoms with E-state index in [1.807, 2.05) is 39.0 Å². The van der Waals surface area contributed by atoms with Crippen LogP contribution in [0.25, 0.3) is 0 Å². The SMILES string of the molecule is Cc1cc(C)cc(OCCOC(=O)CN2C(=O)N[C@@]3(CCCC[C@@H]3C)C2=O)c1. The van der Waals surface area contributed by atoms with Gasteiger partial charge in [0, 0.05) is 0 Å². The van der Waals surface area contributed by atoms with Crippen LogP contribution < -0.4 is 10.1 Å². The molecule has 28 heavy (non-hydrogen) atoms. The van der Waals surface area contributed by atoms with E-state index in [9.17, 15) is 14.4 Å². The fourth-order valence-electron chi connectivity index (χ4n) is 4.15. The van der Waals surface area contributed by atoms with Crippen molar-refractivity contribution in [3.8, 4) is 5.75 Å². The van der Waals surface area contributed by atoms with Gasteiger partial charge >= 0.3 is 12.0 Å². The van der Waals surface area contributed by atoms with Gasteiger partial charge in [-0.05, 0) is 55.9 Å². The maximum absolute atomic E-state index is 12.8. The molecule has 1 aliphatic carbocycles. The fraction of sp³-hybridized carbons (Fsp3) is 0.571. The molecule has 1 aromatic carbocycles. The largest absolute Gasteiger partial charge is 0.490 e. The molecule has 2 fully saturated rings. The maximum Gasteiger partial charge on any atom is 0.326 e. The van der Waals surface area contributed by atoms with Gasteiger partial charge in [0.15, 0.2) is 0 Å². The van der Waals surface area contributed by atoms with Crippen molar-refractivity contribution in [2.45, 2.75) is 52.0 Å². The molecule has 7 heteroatoms. The van der Waals surface area contributed by atoms with Crippen molar-refractivity contribution < 1.29 is 23.9 Å². The molecule has 1 spiro atoms. The highest BCUT2D eigenvalue weighted by molar-refractivity contribution is 6.08. The van der Waals surface area contributed by atoms with Gasteiger partial charge in [-0.25, -0.2) is 4.79 Å². The van der Waals surface area contributed by atoms with Gasteiger partial charge in [0.05, 0.1) is 0 Å². The first-order valence-electron chi connectivity index (χ1n) is 9.82. The summed E-state index contributed by atoms with van der Waals surface area (Å²) in [5.41, 5.74) is 1.33. The molecule has 7 nitrogen and oxygen atoms in total. The van der Waals surface area contributed by atoms with Crippen LogP contribution in [0, 0.1) is 19.8 Å². The van der Waals surface area contributed by atoms with E-state index in [1.165, 1.54) is 0 Å². The van der Waals surface area contributed by atoms with Crippen molar-refractivity contribution >= 4 is 17.9 Å². The summed E-state index contributed by atoms with van der Waals surface area (Å²) in [5.74, 6) is -0.151. The molecule has 0 bridgehead atoms. The zero-order valence-corrected chi connectivity index (χ0v) is 16.7. The van der Waals surface area contributed by atoms with Crippen molar-refractivity contribution in [3.63, 3.8) is 0 Å². The van der Waals surface area contributed by atoms with Gasteiger partial charge in [0.1, 0.15) is 31.0 Å². The van der Waals surface area contributed by atoms with Crippen molar-refractivity contribution in [1.29, 1.82) is 0 Å². The zero-order chi connectivity index (χ0) is 20.3. The Morgan fingerprint density at radius 1 is 1.18 bits per heavy atom. The van der Waals surface area contributed by atoms with Crippen LogP contribution in [0.1, 0.15) is 43.7 Å². The Morgan fingerprint density at radius 2 is 1.89 bits per heavy atom. The minimum Gasteiger partial charge on any atom is -0.490 e. The van der Waals surface area contributed by atoms with Gasteiger partial charge < -0.3 is 14.8 Å². The molecular weight excluding hydrogens is 360 g/mol. The Hall–Kier alpha value is -2.57. The number of aryl methyl sites for hydroxylation is 2. The highest BCUT2D eigenvalue weighted by Gasteiger charge is 2.55. The van der Waals surface area contributed by atoms with Gasteiger partial charge in [0.25, 0.3) is 5.91 Å². The van der Waals surface area contributed by atoms with Crippen LogP contribution in [0.4, 0.5) is 4.79 Å². The number of urea groups is 1. The van der Waals surface area contributed by atoms with Crippen molar-refractivity contribution in [2.75, 3.05) is 19.8 Å². The number of carbonyl (C=O) groups excluding carboxylic acids is 3. The monoisotopic (exact) mass is 388 g/mol. The summed E-state index contributed by atoms with van der Waals surface area (Å²) in [6.45, 7) is 5.83. The summed E-state index contributed by atoms with van der Waals surface area (Å²) in [7, 11) is 0. The van der Waals surface area contributed by atoms with Crippen molar-refractivity contribution in [2.24, 2.45) is 5.92 Å².